The van der Waals surface area contributed by atoms with E-state index >= 15 is 0 Å². The van der Waals surface area contributed by atoms with Crippen LogP contribution in [-0.4, -0.2) is 15.0 Å². The minimum absolute atomic E-state index is 0.190. The fourth-order valence-corrected chi connectivity index (χ4v) is 4.15. The van der Waals surface area contributed by atoms with Crippen molar-refractivity contribution in [1.82, 2.24) is 4.72 Å². The highest BCUT2D eigenvalue weighted by atomic mass is 35.5. The zero-order valence-corrected chi connectivity index (χ0v) is 13.4. The van der Waals surface area contributed by atoms with Crippen LogP contribution < -0.4 is 10.5 Å². The summed E-state index contributed by atoms with van der Waals surface area (Å²) in [5, 5.41) is 0. The quantitative estimate of drug-likeness (QED) is 0.838. The molecular formula is C14H13ClN2O2S2. The topological polar surface area (TPSA) is 72.2 Å². The van der Waals surface area contributed by atoms with E-state index in [4.69, 9.17) is 17.3 Å². The molecule has 0 saturated heterocycles. The highest BCUT2D eigenvalue weighted by Gasteiger charge is 2.16. The van der Waals surface area contributed by atoms with Gasteiger partial charge in [-0.3, -0.25) is 0 Å². The number of hydrogen-bond donors (Lipinski definition) is 2. The molecule has 0 aliphatic carbocycles. The van der Waals surface area contributed by atoms with Crippen LogP contribution in [0.15, 0.2) is 40.6 Å². The van der Waals surface area contributed by atoms with E-state index in [0.29, 0.717) is 4.34 Å². The summed E-state index contributed by atoms with van der Waals surface area (Å²) in [5.41, 5.74) is 6.95. The van der Waals surface area contributed by atoms with E-state index in [1.54, 1.807) is 6.07 Å². The Labute approximate surface area is 133 Å². The first-order chi connectivity index (χ1) is 10.0. The van der Waals surface area contributed by atoms with Gasteiger partial charge in [0.2, 0.25) is 10.0 Å². The zero-order valence-electron chi connectivity index (χ0n) is 11.0. The summed E-state index contributed by atoms with van der Waals surface area (Å²) in [6, 6.07) is 10.4. The maximum Gasteiger partial charge on any atom is 0.250 e. The van der Waals surface area contributed by atoms with Gasteiger partial charge in [0, 0.05) is 12.1 Å². The molecule has 0 fully saturated rings. The predicted octanol–water partition coefficient (Wildman–Crippen LogP) is 2.19. The third kappa shape index (κ3) is 4.56. The first-order valence-electron chi connectivity index (χ1n) is 6.04. The van der Waals surface area contributed by atoms with Gasteiger partial charge in [-0.05, 0) is 29.8 Å². The van der Waals surface area contributed by atoms with Gasteiger partial charge >= 0.3 is 0 Å². The van der Waals surface area contributed by atoms with Crippen molar-refractivity contribution in [3.63, 3.8) is 0 Å². The number of hydrogen-bond acceptors (Lipinski definition) is 4. The average Bonchev–Trinajstić information content (AvgIpc) is 2.91. The molecule has 4 nitrogen and oxygen atoms in total. The van der Waals surface area contributed by atoms with E-state index in [1.807, 2.05) is 24.3 Å². The largest absolute Gasteiger partial charge is 0.320 e. The molecule has 0 unspecified atom stereocenters. The minimum atomic E-state index is -3.54. The molecule has 7 heteroatoms. The molecule has 0 atom stereocenters. The molecule has 0 saturated carbocycles. The molecule has 0 bridgehead atoms. The van der Waals surface area contributed by atoms with Crippen LogP contribution in [-0.2, 0) is 16.6 Å². The summed E-state index contributed by atoms with van der Waals surface area (Å²) < 4.78 is 27.3. The van der Waals surface area contributed by atoms with Crippen LogP contribution in [0.1, 0.15) is 11.1 Å². The van der Waals surface area contributed by atoms with E-state index in [-0.39, 0.29) is 17.3 Å². The van der Waals surface area contributed by atoms with Gasteiger partial charge in [0.15, 0.2) is 0 Å². The third-order valence-corrected chi connectivity index (χ3v) is 5.67. The van der Waals surface area contributed by atoms with Gasteiger partial charge in [-0.25, -0.2) is 13.1 Å². The van der Waals surface area contributed by atoms with E-state index in [0.717, 1.165) is 22.5 Å². The van der Waals surface area contributed by atoms with Crippen molar-refractivity contribution < 1.29 is 8.42 Å². The van der Waals surface area contributed by atoms with Gasteiger partial charge in [-0.15, -0.1) is 11.3 Å². The second-order valence-electron chi connectivity index (χ2n) is 4.09. The SMILES string of the molecule is NCC#Cc1cccc(CNS(=O)(=O)c2ccc(Cl)s2)c1. The lowest BCUT2D eigenvalue weighted by Crippen LogP contribution is -2.22. The van der Waals surface area contributed by atoms with Gasteiger partial charge in [-0.1, -0.05) is 35.6 Å². The third-order valence-electron chi connectivity index (χ3n) is 2.54. The molecule has 1 aromatic carbocycles. The van der Waals surface area contributed by atoms with Crippen LogP contribution in [0.5, 0.6) is 0 Å². The summed E-state index contributed by atoms with van der Waals surface area (Å²) >= 11 is 6.78. The molecule has 0 amide bonds. The molecule has 0 radical (unpaired) electrons. The highest BCUT2D eigenvalue weighted by molar-refractivity contribution is 7.91. The van der Waals surface area contributed by atoms with Crippen LogP contribution >= 0.6 is 22.9 Å². The van der Waals surface area contributed by atoms with Crippen molar-refractivity contribution in [2.45, 2.75) is 10.8 Å². The monoisotopic (exact) mass is 340 g/mol. The van der Waals surface area contributed by atoms with Crippen molar-refractivity contribution in [2.75, 3.05) is 6.54 Å². The fourth-order valence-electron chi connectivity index (χ4n) is 1.60. The molecule has 0 aliphatic heterocycles. The van der Waals surface area contributed by atoms with Crippen LogP contribution in [0.4, 0.5) is 0 Å². The van der Waals surface area contributed by atoms with Crippen molar-refractivity contribution in [1.29, 1.82) is 0 Å². The molecule has 3 N–H and O–H groups in total. The Kier molecular flexibility index (Phi) is 5.39. The maximum atomic E-state index is 12.1. The number of halogens is 1. The second-order valence-corrected chi connectivity index (χ2v) is 7.80. The Morgan fingerprint density at radius 1 is 1.29 bits per heavy atom. The van der Waals surface area contributed by atoms with Crippen LogP contribution in [0, 0.1) is 11.8 Å². The summed E-state index contributed by atoms with van der Waals surface area (Å²) in [6.45, 7) is 0.478. The summed E-state index contributed by atoms with van der Waals surface area (Å²) in [4.78, 5) is 0. The number of benzene rings is 1. The summed E-state index contributed by atoms with van der Waals surface area (Å²) in [5.74, 6) is 5.67. The van der Waals surface area contributed by atoms with E-state index < -0.39 is 10.0 Å². The number of sulfonamides is 1. The Morgan fingerprint density at radius 3 is 2.76 bits per heavy atom. The van der Waals surface area contributed by atoms with Crippen LogP contribution in [0.25, 0.3) is 0 Å². The first kappa shape index (κ1) is 16.0. The van der Waals surface area contributed by atoms with Crippen LogP contribution in [0.3, 0.4) is 0 Å². The molecule has 21 heavy (non-hydrogen) atoms. The normalized spacial score (nSPS) is 11.0. The molecule has 1 heterocycles. The lowest BCUT2D eigenvalue weighted by molar-refractivity contribution is 0.583. The van der Waals surface area contributed by atoms with Gasteiger partial charge in [0.25, 0.3) is 0 Å². The summed E-state index contributed by atoms with van der Waals surface area (Å²) in [6.07, 6.45) is 0. The Balaban J connectivity index is 2.09. The predicted molar refractivity (Wildman–Crippen MR) is 85.7 cm³/mol. The molecule has 1 aromatic heterocycles. The highest BCUT2D eigenvalue weighted by Crippen LogP contribution is 2.25. The molecular weight excluding hydrogens is 328 g/mol. The standard InChI is InChI=1S/C14H13ClN2O2S2/c15-13-6-7-14(20-13)21(18,19)17-10-12-4-1-3-11(9-12)5-2-8-16/h1,3-4,6-7,9,17H,8,10,16H2. The minimum Gasteiger partial charge on any atom is -0.320 e. The number of nitrogens with two attached hydrogens (primary N) is 1. The maximum absolute atomic E-state index is 12.1. The van der Waals surface area contributed by atoms with E-state index in [1.165, 1.54) is 6.07 Å². The summed E-state index contributed by atoms with van der Waals surface area (Å²) in [7, 11) is -3.54. The Bertz CT molecular complexity index is 789. The molecule has 2 aromatic rings. The van der Waals surface area contributed by atoms with Crippen molar-refractivity contribution in [3.05, 3.63) is 51.9 Å². The number of rotatable bonds is 4. The number of thiophene rings is 1. The van der Waals surface area contributed by atoms with Gasteiger partial charge < -0.3 is 5.73 Å². The Hall–Kier alpha value is -1.36. The zero-order chi connectivity index (χ0) is 15.3. The molecule has 110 valence electrons. The van der Waals surface area contributed by atoms with E-state index in [2.05, 4.69) is 16.6 Å². The van der Waals surface area contributed by atoms with Crippen molar-refractivity contribution in [3.8, 4) is 11.8 Å². The van der Waals surface area contributed by atoms with E-state index in [9.17, 15) is 8.42 Å². The smallest absolute Gasteiger partial charge is 0.250 e. The molecule has 0 spiro atoms. The lowest BCUT2D eigenvalue weighted by atomic mass is 10.1. The van der Waals surface area contributed by atoms with Crippen molar-refractivity contribution in [2.24, 2.45) is 5.73 Å². The van der Waals surface area contributed by atoms with Gasteiger partial charge in [0.05, 0.1) is 10.9 Å². The number of nitrogens with one attached hydrogen (secondary N) is 1. The van der Waals surface area contributed by atoms with Gasteiger partial charge in [-0.2, -0.15) is 0 Å². The fraction of sp³-hybridized carbons (Fsp3) is 0.143. The van der Waals surface area contributed by atoms with Crippen molar-refractivity contribution >= 4 is 33.0 Å². The molecule has 2 rings (SSSR count). The second kappa shape index (κ2) is 7.07. The Morgan fingerprint density at radius 2 is 2.10 bits per heavy atom. The van der Waals surface area contributed by atoms with Gasteiger partial charge in [0.1, 0.15) is 4.21 Å². The lowest BCUT2D eigenvalue weighted by Gasteiger charge is -2.05. The first-order valence-corrected chi connectivity index (χ1v) is 8.72. The average molecular weight is 341 g/mol. The van der Waals surface area contributed by atoms with Crippen LogP contribution in [0.2, 0.25) is 4.34 Å². The molecule has 0 aliphatic rings.